The lowest BCUT2D eigenvalue weighted by Gasteiger charge is -2.49. The van der Waals surface area contributed by atoms with Gasteiger partial charge in [0, 0.05) is 37.3 Å². The van der Waals surface area contributed by atoms with E-state index >= 15 is 0 Å². The van der Waals surface area contributed by atoms with Crippen LogP contribution in [0.4, 0.5) is 0 Å². The normalized spacial score (nSPS) is 34.7. The van der Waals surface area contributed by atoms with Crippen molar-refractivity contribution in [1.29, 1.82) is 0 Å². The van der Waals surface area contributed by atoms with Gasteiger partial charge < -0.3 is 10.1 Å². The Balaban J connectivity index is 2.04. The van der Waals surface area contributed by atoms with Crippen LogP contribution in [0, 0.1) is 0 Å². The maximum atomic E-state index is 5.89. The van der Waals surface area contributed by atoms with E-state index in [0.717, 1.165) is 13.2 Å². The average molecular weight is 254 g/mol. The van der Waals surface area contributed by atoms with Gasteiger partial charge in [-0.2, -0.15) is 0 Å². The van der Waals surface area contributed by atoms with Crippen LogP contribution in [-0.4, -0.2) is 48.3 Å². The van der Waals surface area contributed by atoms with Crippen LogP contribution in [0.25, 0.3) is 0 Å². The third-order valence-corrected chi connectivity index (χ3v) is 5.20. The number of rotatable bonds is 4. The number of hydrogen-bond acceptors (Lipinski definition) is 3. The molecule has 2 aliphatic heterocycles. The van der Waals surface area contributed by atoms with Crippen LogP contribution in [0.5, 0.6) is 0 Å². The highest BCUT2D eigenvalue weighted by atomic mass is 16.5. The Morgan fingerprint density at radius 2 is 2.11 bits per heavy atom. The van der Waals surface area contributed by atoms with Gasteiger partial charge in [-0.25, -0.2) is 0 Å². The number of nitrogens with zero attached hydrogens (tertiary/aromatic N) is 1. The molecule has 2 saturated heterocycles. The Morgan fingerprint density at radius 1 is 1.39 bits per heavy atom. The van der Waals surface area contributed by atoms with Crippen LogP contribution >= 0.6 is 0 Å². The Labute approximate surface area is 112 Å². The van der Waals surface area contributed by atoms with Gasteiger partial charge in [-0.3, -0.25) is 4.90 Å². The summed E-state index contributed by atoms with van der Waals surface area (Å²) in [6.45, 7) is 12.5. The summed E-state index contributed by atoms with van der Waals surface area (Å²) in [5.74, 6) is 0. The summed E-state index contributed by atoms with van der Waals surface area (Å²) in [5.41, 5.74) is 0.319. The molecule has 0 radical (unpaired) electrons. The maximum Gasteiger partial charge on any atom is 0.0728 e. The van der Waals surface area contributed by atoms with Crippen molar-refractivity contribution in [3.63, 3.8) is 0 Å². The van der Waals surface area contributed by atoms with E-state index in [9.17, 15) is 0 Å². The van der Waals surface area contributed by atoms with E-state index in [1.165, 1.54) is 32.2 Å². The van der Waals surface area contributed by atoms with Gasteiger partial charge in [0.1, 0.15) is 0 Å². The maximum absolute atomic E-state index is 5.89. The lowest BCUT2D eigenvalue weighted by Crippen LogP contribution is -2.66. The molecule has 0 aliphatic carbocycles. The fourth-order valence-corrected chi connectivity index (χ4v) is 3.51. The summed E-state index contributed by atoms with van der Waals surface area (Å²) in [6.07, 6.45) is 5.36. The fraction of sp³-hybridized carbons (Fsp3) is 1.00. The van der Waals surface area contributed by atoms with Crippen LogP contribution < -0.4 is 5.32 Å². The second-order valence-corrected chi connectivity index (χ2v) is 6.18. The minimum atomic E-state index is 0.319. The SMILES string of the molecule is CCC1(CC)CN(C(C)C2CCCO2)C(C)CN1. The predicted molar refractivity (Wildman–Crippen MR) is 75.9 cm³/mol. The van der Waals surface area contributed by atoms with Crippen LogP contribution in [0.15, 0.2) is 0 Å². The van der Waals surface area contributed by atoms with Crippen molar-refractivity contribution < 1.29 is 4.74 Å². The van der Waals surface area contributed by atoms with E-state index in [0.29, 0.717) is 23.7 Å². The van der Waals surface area contributed by atoms with Gasteiger partial charge in [0.2, 0.25) is 0 Å². The molecule has 2 aliphatic rings. The van der Waals surface area contributed by atoms with E-state index in [2.05, 4.69) is 37.9 Å². The van der Waals surface area contributed by atoms with E-state index in [1.807, 2.05) is 0 Å². The summed E-state index contributed by atoms with van der Waals surface area (Å²) in [7, 11) is 0. The van der Waals surface area contributed by atoms with Crippen LogP contribution in [-0.2, 0) is 4.74 Å². The van der Waals surface area contributed by atoms with Crippen molar-refractivity contribution in [1.82, 2.24) is 10.2 Å². The molecule has 3 heteroatoms. The molecule has 0 aromatic carbocycles. The molecular weight excluding hydrogens is 224 g/mol. The van der Waals surface area contributed by atoms with E-state index in [1.54, 1.807) is 0 Å². The lowest BCUT2D eigenvalue weighted by molar-refractivity contribution is -0.0185. The van der Waals surface area contributed by atoms with Crippen molar-refractivity contribution >= 4 is 0 Å². The molecule has 1 N–H and O–H groups in total. The van der Waals surface area contributed by atoms with Crippen LogP contribution in [0.3, 0.4) is 0 Å². The van der Waals surface area contributed by atoms with Crippen LogP contribution in [0.2, 0.25) is 0 Å². The topological polar surface area (TPSA) is 24.5 Å². The smallest absolute Gasteiger partial charge is 0.0728 e. The van der Waals surface area contributed by atoms with Gasteiger partial charge in [-0.15, -0.1) is 0 Å². The first-order valence-electron chi connectivity index (χ1n) is 7.74. The molecular formula is C15H30N2O. The molecule has 0 aromatic rings. The van der Waals surface area contributed by atoms with Crippen molar-refractivity contribution in [2.75, 3.05) is 19.7 Å². The van der Waals surface area contributed by atoms with Gasteiger partial charge in [0.25, 0.3) is 0 Å². The fourth-order valence-electron chi connectivity index (χ4n) is 3.51. The summed E-state index contributed by atoms with van der Waals surface area (Å²) < 4.78 is 5.89. The zero-order chi connectivity index (χ0) is 13.2. The molecule has 3 atom stereocenters. The average Bonchev–Trinajstić information content (AvgIpc) is 2.93. The van der Waals surface area contributed by atoms with Gasteiger partial charge in [0.15, 0.2) is 0 Å². The standard InChI is InChI=1S/C15H30N2O/c1-5-15(6-2)11-17(12(3)10-16-15)13(4)14-8-7-9-18-14/h12-14,16H,5-11H2,1-4H3. The highest BCUT2D eigenvalue weighted by molar-refractivity contribution is 4.98. The third-order valence-electron chi connectivity index (χ3n) is 5.20. The summed E-state index contributed by atoms with van der Waals surface area (Å²) in [6, 6.07) is 1.18. The van der Waals surface area contributed by atoms with Crippen molar-refractivity contribution in [3.05, 3.63) is 0 Å². The van der Waals surface area contributed by atoms with E-state index in [-0.39, 0.29) is 0 Å². The lowest BCUT2D eigenvalue weighted by atomic mass is 9.87. The highest BCUT2D eigenvalue weighted by Crippen LogP contribution is 2.28. The molecule has 0 bridgehead atoms. The molecule has 106 valence electrons. The van der Waals surface area contributed by atoms with Gasteiger partial charge >= 0.3 is 0 Å². The number of piperazine rings is 1. The number of ether oxygens (including phenoxy) is 1. The molecule has 0 spiro atoms. The molecule has 3 unspecified atom stereocenters. The molecule has 2 fully saturated rings. The Morgan fingerprint density at radius 3 is 2.67 bits per heavy atom. The van der Waals surface area contributed by atoms with Gasteiger partial charge in [-0.05, 0) is 39.5 Å². The van der Waals surface area contributed by atoms with E-state index < -0.39 is 0 Å². The first-order valence-corrected chi connectivity index (χ1v) is 7.74. The summed E-state index contributed by atoms with van der Waals surface area (Å²) >= 11 is 0. The Hall–Kier alpha value is -0.120. The summed E-state index contributed by atoms with van der Waals surface area (Å²) in [4.78, 5) is 2.68. The summed E-state index contributed by atoms with van der Waals surface area (Å²) in [5, 5.41) is 3.77. The monoisotopic (exact) mass is 254 g/mol. The largest absolute Gasteiger partial charge is 0.377 e. The zero-order valence-corrected chi connectivity index (χ0v) is 12.5. The first kappa shape index (κ1) is 14.3. The molecule has 18 heavy (non-hydrogen) atoms. The van der Waals surface area contributed by atoms with Crippen molar-refractivity contribution in [2.24, 2.45) is 0 Å². The van der Waals surface area contributed by atoms with Gasteiger partial charge in [0.05, 0.1) is 6.10 Å². The Bertz CT molecular complexity index is 259. The number of hydrogen-bond donors (Lipinski definition) is 1. The molecule has 0 aromatic heterocycles. The van der Waals surface area contributed by atoms with Crippen molar-refractivity contribution in [2.45, 2.75) is 77.1 Å². The molecule has 0 amide bonds. The third kappa shape index (κ3) is 2.73. The second-order valence-electron chi connectivity index (χ2n) is 6.18. The second kappa shape index (κ2) is 5.89. The molecule has 2 heterocycles. The minimum Gasteiger partial charge on any atom is -0.377 e. The number of nitrogens with one attached hydrogen (secondary N) is 1. The molecule has 0 saturated carbocycles. The van der Waals surface area contributed by atoms with E-state index in [4.69, 9.17) is 4.74 Å². The predicted octanol–water partition coefficient (Wildman–Crippen LogP) is 2.41. The first-order chi connectivity index (χ1) is 8.62. The quantitative estimate of drug-likeness (QED) is 0.834. The van der Waals surface area contributed by atoms with Gasteiger partial charge in [-0.1, -0.05) is 13.8 Å². The molecule has 2 rings (SSSR count). The highest BCUT2D eigenvalue weighted by Gasteiger charge is 2.39. The minimum absolute atomic E-state index is 0.319. The Kier molecular flexibility index (Phi) is 4.68. The van der Waals surface area contributed by atoms with Crippen molar-refractivity contribution in [3.8, 4) is 0 Å². The molecule has 3 nitrogen and oxygen atoms in total. The zero-order valence-electron chi connectivity index (χ0n) is 12.5. The van der Waals surface area contributed by atoms with Crippen LogP contribution in [0.1, 0.15) is 53.4 Å².